The van der Waals surface area contributed by atoms with E-state index in [1.54, 1.807) is 18.2 Å². The van der Waals surface area contributed by atoms with Gasteiger partial charge in [-0.1, -0.05) is 30.4 Å². The summed E-state index contributed by atoms with van der Waals surface area (Å²) < 4.78 is 0. The van der Waals surface area contributed by atoms with Gasteiger partial charge in [-0.05, 0) is 13.0 Å². The van der Waals surface area contributed by atoms with Crippen LogP contribution in [-0.2, 0) is 11.2 Å². The van der Waals surface area contributed by atoms with Gasteiger partial charge in [-0.3, -0.25) is 9.59 Å². The zero-order valence-electron chi connectivity index (χ0n) is 10.8. The van der Waals surface area contributed by atoms with Crippen molar-refractivity contribution in [1.29, 1.82) is 0 Å². The number of hydrogen-bond donors (Lipinski definition) is 4. The molecule has 0 amide bonds. The number of carbonyl (C=O) groups excluding carboxylic acids is 1. The van der Waals surface area contributed by atoms with Crippen LogP contribution in [0.15, 0.2) is 36.5 Å². The number of aromatic amines is 1. The molecule has 0 spiro atoms. The molecule has 0 saturated heterocycles. The van der Waals surface area contributed by atoms with Crippen LogP contribution in [-0.4, -0.2) is 32.1 Å². The third-order valence-electron chi connectivity index (χ3n) is 2.38. The van der Waals surface area contributed by atoms with E-state index >= 15 is 0 Å². The molecular weight excluding hydrogens is 262 g/mol. The number of hydrogen-bond acceptors (Lipinski definition) is 4. The van der Waals surface area contributed by atoms with Crippen LogP contribution in [0.2, 0.25) is 0 Å². The van der Waals surface area contributed by atoms with Gasteiger partial charge >= 0.3 is 5.97 Å². The summed E-state index contributed by atoms with van der Waals surface area (Å²) in [4.78, 5) is 24.6. The summed E-state index contributed by atoms with van der Waals surface area (Å²) in [6.45, 7) is 1.85. The fourth-order valence-corrected chi connectivity index (χ4v) is 1.51. The minimum atomic E-state index is -1.19. The van der Waals surface area contributed by atoms with Crippen LogP contribution in [0.5, 0.6) is 11.6 Å². The zero-order valence-corrected chi connectivity index (χ0v) is 10.8. The molecule has 1 rings (SSSR count). The van der Waals surface area contributed by atoms with Crippen LogP contribution in [0.25, 0.3) is 0 Å². The van der Waals surface area contributed by atoms with Gasteiger partial charge in [0.25, 0.3) is 0 Å². The van der Waals surface area contributed by atoms with Gasteiger partial charge in [0.1, 0.15) is 5.56 Å². The molecule has 0 saturated carbocycles. The number of aliphatic carboxylic acids is 1. The molecule has 0 aliphatic carbocycles. The molecule has 0 radical (unpaired) electrons. The summed E-state index contributed by atoms with van der Waals surface area (Å²) in [6.07, 6.45) is 8.99. The lowest BCUT2D eigenvalue weighted by atomic mass is 10.1. The summed E-state index contributed by atoms with van der Waals surface area (Å²) in [7, 11) is 0. The van der Waals surface area contributed by atoms with Crippen molar-refractivity contribution < 1.29 is 24.9 Å². The van der Waals surface area contributed by atoms with Crippen LogP contribution < -0.4 is 0 Å². The number of carboxylic acids is 1. The first-order valence-electron chi connectivity index (χ1n) is 5.82. The lowest BCUT2D eigenvalue weighted by Crippen LogP contribution is -2.00. The highest BCUT2D eigenvalue weighted by atomic mass is 16.4. The first-order chi connectivity index (χ1) is 9.47. The Balaban J connectivity index is 2.93. The SMILES string of the molecule is CC=CC=CC=CC(=O)c1c(O)[nH]c(CC(=O)O)c1O. The molecule has 0 aromatic carbocycles. The molecule has 4 N–H and O–H groups in total. The first kappa shape index (κ1) is 15.3. The molecule has 6 heteroatoms. The van der Waals surface area contributed by atoms with E-state index < -0.39 is 29.8 Å². The Morgan fingerprint density at radius 2 is 1.80 bits per heavy atom. The van der Waals surface area contributed by atoms with E-state index in [4.69, 9.17) is 5.11 Å². The van der Waals surface area contributed by atoms with Crippen molar-refractivity contribution in [3.05, 3.63) is 47.7 Å². The minimum Gasteiger partial charge on any atom is -0.505 e. The predicted molar refractivity (Wildman–Crippen MR) is 72.9 cm³/mol. The van der Waals surface area contributed by atoms with Crippen molar-refractivity contribution in [3.63, 3.8) is 0 Å². The number of aromatic hydroxyl groups is 2. The number of nitrogens with one attached hydrogen (secondary N) is 1. The normalized spacial score (nSPS) is 11.8. The Kier molecular flexibility index (Phi) is 5.34. The van der Waals surface area contributed by atoms with Crippen LogP contribution in [0.4, 0.5) is 0 Å². The van der Waals surface area contributed by atoms with Gasteiger partial charge in [-0.2, -0.15) is 0 Å². The molecule has 6 nitrogen and oxygen atoms in total. The molecular formula is C14H15NO5. The van der Waals surface area contributed by atoms with Crippen molar-refractivity contribution in [1.82, 2.24) is 4.98 Å². The zero-order chi connectivity index (χ0) is 15.1. The largest absolute Gasteiger partial charge is 0.505 e. The van der Waals surface area contributed by atoms with Crippen LogP contribution in [0.3, 0.4) is 0 Å². The maximum absolute atomic E-state index is 11.8. The van der Waals surface area contributed by atoms with Gasteiger partial charge in [-0.15, -0.1) is 0 Å². The van der Waals surface area contributed by atoms with Crippen LogP contribution in [0.1, 0.15) is 23.0 Å². The van der Waals surface area contributed by atoms with Crippen LogP contribution in [0, 0.1) is 0 Å². The third kappa shape index (κ3) is 3.88. The smallest absolute Gasteiger partial charge is 0.309 e. The first-order valence-corrected chi connectivity index (χ1v) is 5.82. The monoisotopic (exact) mass is 277 g/mol. The molecule has 1 aromatic rings. The van der Waals surface area contributed by atoms with E-state index in [1.165, 1.54) is 6.08 Å². The number of carboxylic acid groups (broad SMARTS) is 1. The molecule has 0 bridgehead atoms. The van der Waals surface area contributed by atoms with Crippen molar-refractivity contribution in [3.8, 4) is 11.6 Å². The number of aromatic nitrogens is 1. The third-order valence-corrected chi connectivity index (χ3v) is 2.38. The highest BCUT2D eigenvalue weighted by molar-refractivity contribution is 6.08. The van der Waals surface area contributed by atoms with E-state index in [0.29, 0.717) is 0 Å². The van der Waals surface area contributed by atoms with Gasteiger partial charge in [0.15, 0.2) is 11.5 Å². The van der Waals surface area contributed by atoms with E-state index in [-0.39, 0.29) is 11.3 Å². The average Bonchev–Trinajstić information content (AvgIpc) is 2.63. The molecule has 0 fully saturated rings. The Morgan fingerprint density at radius 3 is 2.40 bits per heavy atom. The molecule has 0 aliphatic rings. The van der Waals surface area contributed by atoms with E-state index in [1.807, 2.05) is 13.0 Å². The number of rotatable bonds is 6. The lowest BCUT2D eigenvalue weighted by molar-refractivity contribution is -0.136. The topological polar surface area (TPSA) is 111 Å². The maximum Gasteiger partial charge on any atom is 0.309 e. The Bertz CT molecular complexity index is 593. The second kappa shape index (κ2) is 6.98. The molecule has 1 heterocycles. The molecule has 106 valence electrons. The van der Waals surface area contributed by atoms with E-state index in [0.717, 1.165) is 6.08 Å². The number of ketones is 1. The fourth-order valence-electron chi connectivity index (χ4n) is 1.51. The van der Waals surface area contributed by atoms with Gasteiger partial charge in [-0.25, -0.2) is 0 Å². The van der Waals surface area contributed by atoms with Crippen molar-refractivity contribution in [2.45, 2.75) is 13.3 Å². The second-order valence-corrected chi connectivity index (χ2v) is 3.88. The van der Waals surface area contributed by atoms with Gasteiger partial charge in [0.05, 0.1) is 12.1 Å². The highest BCUT2D eigenvalue weighted by Gasteiger charge is 2.22. The average molecular weight is 277 g/mol. The summed E-state index contributed by atoms with van der Waals surface area (Å²) >= 11 is 0. The molecule has 1 aromatic heterocycles. The minimum absolute atomic E-state index is 0.115. The van der Waals surface area contributed by atoms with Gasteiger partial charge in [0.2, 0.25) is 5.88 Å². The Labute approximate surface area is 115 Å². The summed E-state index contributed by atoms with van der Waals surface area (Å²) in [5.41, 5.74) is -0.451. The van der Waals surface area contributed by atoms with Crippen molar-refractivity contribution >= 4 is 11.8 Å². The summed E-state index contributed by atoms with van der Waals surface area (Å²) in [6, 6.07) is 0. The Hall–Kier alpha value is -2.76. The summed E-state index contributed by atoms with van der Waals surface area (Å²) in [5, 5.41) is 27.9. The van der Waals surface area contributed by atoms with Gasteiger partial charge in [0, 0.05) is 0 Å². The molecule has 0 unspecified atom stereocenters. The predicted octanol–water partition coefficient (Wildman–Crippen LogP) is 1.92. The Morgan fingerprint density at radius 1 is 1.15 bits per heavy atom. The van der Waals surface area contributed by atoms with E-state index in [9.17, 15) is 19.8 Å². The van der Waals surface area contributed by atoms with Crippen LogP contribution >= 0.6 is 0 Å². The lowest BCUT2D eigenvalue weighted by Gasteiger charge is -1.95. The molecule has 0 aliphatic heterocycles. The fraction of sp³-hybridized carbons (Fsp3) is 0.143. The summed E-state index contributed by atoms with van der Waals surface area (Å²) in [5.74, 6) is -2.91. The van der Waals surface area contributed by atoms with Gasteiger partial charge < -0.3 is 20.3 Å². The second-order valence-electron chi connectivity index (χ2n) is 3.88. The number of H-pyrrole nitrogens is 1. The maximum atomic E-state index is 11.8. The number of carbonyl (C=O) groups is 2. The van der Waals surface area contributed by atoms with E-state index in [2.05, 4.69) is 4.98 Å². The number of allylic oxidation sites excluding steroid dienone is 6. The molecule has 20 heavy (non-hydrogen) atoms. The van der Waals surface area contributed by atoms with Crippen molar-refractivity contribution in [2.24, 2.45) is 0 Å². The standard InChI is InChI=1S/C14H15NO5/c1-2-3-4-5-6-7-10(16)12-13(19)9(8-11(17)18)15-14(12)20/h2-7,15,19-20H,8H2,1H3,(H,17,18). The van der Waals surface area contributed by atoms with Crippen molar-refractivity contribution in [2.75, 3.05) is 0 Å². The quantitative estimate of drug-likeness (QED) is 0.361. The molecule has 0 atom stereocenters. The highest BCUT2D eigenvalue weighted by Crippen LogP contribution is 2.31.